The quantitative estimate of drug-likeness (QED) is 0.315. The van der Waals surface area contributed by atoms with Crippen LogP contribution in [0.2, 0.25) is 0 Å². The zero-order chi connectivity index (χ0) is 30.6. The van der Waals surface area contributed by atoms with Gasteiger partial charge in [-0.3, -0.25) is 4.99 Å². The summed E-state index contributed by atoms with van der Waals surface area (Å²) in [5, 5.41) is 18.0. The van der Waals surface area contributed by atoms with E-state index < -0.39 is 30.4 Å². The summed E-state index contributed by atoms with van der Waals surface area (Å²) < 4.78 is 44.0. The summed E-state index contributed by atoms with van der Waals surface area (Å²) in [6.45, 7) is -0.511. The van der Waals surface area contributed by atoms with Crippen molar-refractivity contribution in [3.05, 3.63) is 54.5 Å². The number of carbonyl (C=O) groups excluding carboxylic acids is 2. The topological polar surface area (TPSA) is 163 Å². The first-order valence-corrected chi connectivity index (χ1v) is 13.4. The predicted molar refractivity (Wildman–Crippen MR) is 151 cm³/mol. The largest absolute Gasteiger partial charge is 0.449 e. The lowest BCUT2D eigenvalue weighted by atomic mass is 9.88. The van der Waals surface area contributed by atoms with Gasteiger partial charge in [-0.05, 0) is 37.0 Å². The van der Waals surface area contributed by atoms with Crippen LogP contribution >= 0.6 is 0 Å². The maximum absolute atomic E-state index is 12.4. The second-order valence-corrected chi connectivity index (χ2v) is 10.5. The van der Waals surface area contributed by atoms with E-state index in [4.69, 9.17) is 10.5 Å². The normalized spacial score (nSPS) is 16.5. The molecule has 1 aliphatic carbocycles. The van der Waals surface area contributed by atoms with Crippen LogP contribution in [0.15, 0.2) is 53.9 Å². The van der Waals surface area contributed by atoms with Crippen LogP contribution in [0.5, 0.6) is 0 Å². The highest BCUT2D eigenvalue weighted by atomic mass is 19.4. The van der Waals surface area contributed by atoms with E-state index in [0.29, 0.717) is 40.6 Å². The van der Waals surface area contributed by atoms with E-state index in [1.807, 2.05) is 0 Å². The van der Waals surface area contributed by atoms with E-state index in [1.165, 1.54) is 11.1 Å². The van der Waals surface area contributed by atoms with Crippen molar-refractivity contribution in [1.29, 1.82) is 5.26 Å². The van der Waals surface area contributed by atoms with Gasteiger partial charge < -0.3 is 26.0 Å². The van der Waals surface area contributed by atoms with Gasteiger partial charge in [0.15, 0.2) is 5.65 Å². The number of amides is 3. The van der Waals surface area contributed by atoms with E-state index >= 15 is 0 Å². The number of alkyl halides is 3. The summed E-state index contributed by atoms with van der Waals surface area (Å²) in [4.78, 5) is 34.7. The van der Waals surface area contributed by atoms with E-state index in [9.17, 15) is 28.0 Å². The van der Waals surface area contributed by atoms with Crippen LogP contribution in [0.25, 0.3) is 22.5 Å². The van der Waals surface area contributed by atoms with Crippen LogP contribution in [-0.2, 0) is 4.74 Å². The first-order valence-electron chi connectivity index (χ1n) is 13.4. The number of imidazole rings is 1. The van der Waals surface area contributed by atoms with Crippen LogP contribution in [0.4, 0.5) is 28.4 Å². The number of hydrogen-bond donors (Lipinski definition) is 3. The number of nitrogens with two attached hydrogens (primary N) is 1. The Hall–Kier alpha value is -5.13. The zero-order valence-electron chi connectivity index (χ0n) is 22.8. The molecule has 0 radical (unpaired) electrons. The summed E-state index contributed by atoms with van der Waals surface area (Å²) >= 11 is 0. The molecule has 0 atom stereocenters. The predicted octanol–water partition coefficient (Wildman–Crippen LogP) is 3.97. The molecule has 4 N–H and O–H groups in total. The molecule has 1 aromatic carbocycles. The van der Waals surface area contributed by atoms with E-state index in [1.54, 1.807) is 58.8 Å². The molecular weight excluding hydrogens is 567 g/mol. The molecule has 0 bridgehead atoms. The Kier molecular flexibility index (Phi) is 8.20. The molecule has 15 heteroatoms. The van der Waals surface area contributed by atoms with Crippen molar-refractivity contribution in [2.75, 3.05) is 31.6 Å². The van der Waals surface area contributed by atoms with Gasteiger partial charge in [-0.2, -0.15) is 23.5 Å². The molecule has 5 rings (SSSR count). The SMILES string of the molecule is N#CCC1(N=CC(=CN)c2cnn3c(-c4cccc(NC(=O)NCC(F)(F)F)c4)cnc3c2)CN(C(=O)OCC2CC2)C1. The summed E-state index contributed by atoms with van der Waals surface area (Å²) in [6, 6.07) is 9.41. The van der Waals surface area contributed by atoms with Crippen molar-refractivity contribution in [2.45, 2.75) is 31.0 Å². The standard InChI is InChI=1S/C28H28F3N9O3/c29-28(30,31)15-35-25(41)38-22-3-1-2-19(8-22)23-13-34-24-9-20(12-37-40(23)24)21(10-33)11-36-27(6-7-32)16-39(17-27)26(42)43-14-18-4-5-18/h1-3,8-13,18H,4-6,14-17,33H2,(H2,35,38,41). The highest BCUT2D eigenvalue weighted by Gasteiger charge is 2.46. The van der Waals surface area contributed by atoms with Crippen molar-refractivity contribution in [3.63, 3.8) is 0 Å². The maximum Gasteiger partial charge on any atom is 0.409 e. The number of aliphatic imine (C=N–C) groups is 1. The smallest absolute Gasteiger partial charge is 0.409 e. The average Bonchev–Trinajstić information content (AvgIpc) is 3.69. The van der Waals surface area contributed by atoms with Crippen LogP contribution in [0.3, 0.4) is 0 Å². The van der Waals surface area contributed by atoms with Crippen LogP contribution in [0.1, 0.15) is 24.8 Å². The molecule has 0 spiro atoms. The van der Waals surface area contributed by atoms with Crippen molar-refractivity contribution in [2.24, 2.45) is 16.6 Å². The number of nitriles is 1. The van der Waals surface area contributed by atoms with Crippen LogP contribution < -0.4 is 16.4 Å². The Bertz CT molecular complexity index is 1620. The molecule has 1 saturated heterocycles. The Morgan fingerprint density at radius 1 is 1.26 bits per heavy atom. The first-order chi connectivity index (χ1) is 20.6. The number of urea groups is 1. The zero-order valence-corrected chi connectivity index (χ0v) is 22.8. The Morgan fingerprint density at radius 3 is 2.74 bits per heavy atom. The maximum atomic E-state index is 12.4. The Morgan fingerprint density at radius 2 is 2.05 bits per heavy atom. The number of benzene rings is 1. The molecule has 2 fully saturated rings. The van der Waals surface area contributed by atoms with Crippen LogP contribution in [0, 0.1) is 17.2 Å². The average molecular weight is 596 g/mol. The number of nitrogens with zero attached hydrogens (tertiary/aromatic N) is 6. The lowest BCUT2D eigenvalue weighted by Gasteiger charge is -2.45. The number of carbonyl (C=O) groups is 2. The van der Waals surface area contributed by atoms with E-state index in [0.717, 1.165) is 12.8 Å². The molecule has 1 aliphatic heterocycles. The molecule has 12 nitrogen and oxygen atoms in total. The highest BCUT2D eigenvalue weighted by Crippen LogP contribution is 2.32. The number of nitrogens with one attached hydrogen (secondary N) is 2. The molecular formula is C28H28F3N9O3. The van der Waals surface area contributed by atoms with Gasteiger partial charge in [0.05, 0.1) is 50.3 Å². The summed E-state index contributed by atoms with van der Waals surface area (Å²) in [6.07, 6.45) is 3.40. The molecule has 3 amide bonds. The molecule has 1 saturated carbocycles. The molecule has 3 heterocycles. The van der Waals surface area contributed by atoms with Crippen molar-refractivity contribution < 1.29 is 27.5 Å². The Balaban J connectivity index is 1.27. The second-order valence-electron chi connectivity index (χ2n) is 10.5. The summed E-state index contributed by atoms with van der Waals surface area (Å²) in [7, 11) is 0. The molecule has 0 unspecified atom stereocenters. The van der Waals surface area contributed by atoms with Gasteiger partial charge >= 0.3 is 18.3 Å². The van der Waals surface area contributed by atoms with Gasteiger partial charge in [-0.1, -0.05) is 12.1 Å². The number of hydrogen-bond acceptors (Lipinski definition) is 8. The van der Waals surface area contributed by atoms with Gasteiger partial charge in [0.2, 0.25) is 0 Å². The number of rotatable bonds is 9. The summed E-state index contributed by atoms with van der Waals surface area (Å²) in [5.41, 5.74) is 8.22. The molecule has 224 valence electrons. The minimum Gasteiger partial charge on any atom is -0.449 e. The lowest BCUT2D eigenvalue weighted by Crippen LogP contribution is -2.62. The number of allylic oxidation sites excluding steroid dienone is 1. The van der Waals surface area contributed by atoms with Crippen molar-refractivity contribution in [1.82, 2.24) is 24.8 Å². The molecule has 43 heavy (non-hydrogen) atoms. The number of aromatic nitrogens is 3. The van der Waals surface area contributed by atoms with Gasteiger partial charge in [0, 0.05) is 34.8 Å². The third-order valence-corrected chi connectivity index (χ3v) is 6.99. The van der Waals surface area contributed by atoms with E-state index in [2.05, 4.69) is 26.5 Å². The highest BCUT2D eigenvalue weighted by molar-refractivity contribution is 6.10. The van der Waals surface area contributed by atoms with Gasteiger partial charge in [0.1, 0.15) is 12.1 Å². The fourth-order valence-corrected chi connectivity index (χ4v) is 4.51. The fraction of sp³-hybridized carbons (Fsp3) is 0.357. The van der Waals surface area contributed by atoms with Gasteiger partial charge in [0.25, 0.3) is 0 Å². The minimum absolute atomic E-state index is 0.118. The number of anilines is 1. The molecule has 3 aromatic rings. The third-order valence-electron chi connectivity index (χ3n) is 6.99. The number of ether oxygens (including phenoxy) is 1. The van der Waals surface area contributed by atoms with Crippen LogP contribution in [-0.4, -0.2) is 75.8 Å². The molecule has 2 aromatic heterocycles. The third kappa shape index (κ3) is 7.21. The minimum atomic E-state index is -4.52. The van der Waals surface area contributed by atoms with Crippen molar-refractivity contribution in [3.8, 4) is 17.3 Å². The number of halogens is 3. The number of fused-ring (bicyclic) bond motifs is 1. The molecule has 2 aliphatic rings. The number of likely N-dealkylation sites (tertiary alicyclic amines) is 1. The Labute approximate surface area is 244 Å². The monoisotopic (exact) mass is 595 g/mol. The lowest BCUT2D eigenvalue weighted by molar-refractivity contribution is -0.122. The second kappa shape index (κ2) is 12.0. The van der Waals surface area contributed by atoms with Gasteiger partial charge in [-0.15, -0.1) is 0 Å². The summed E-state index contributed by atoms with van der Waals surface area (Å²) in [5.74, 6) is 0.455. The van der Waals surface area contributed by atoms with Crippen molar-refractivity contribution >= 4 is 35.2 Å². The van der Waals surface area contributed by atoms with Gasteiger partial charge in [-0.25, -0.2) is 19.1 Å². The van der Waals surface area contributed by atoms with E-state index in [-0.39, 0.29) is 25.2 Å². The fourth-order valence-electron chi connectivity index (χ4n) is 4.51. The first kappa shape index (κ1) is 29.4.